The Kier molecular flexibility index (Phi) is 15.8. The molecule has 62 heavy (non-hydrogen) atoms. The van der Waals surface area contributed by atoms with Gasteiger partial charge in [0.25, 0.3) is 0 Å². The van der Waals surface area contributed by atoms with Gasteiger partial charge in [0.05, 0.1) is 0 Å². The van der Waals surface area contributed by atoms with Crippen molar-refractivity contribution in [3.8, 4) is 0 Å². The van der Waals surface area contributed by atoms with Crippen molar-refractivity contribution in [2.24, 2.45) is 0 Å². The molecule has 0 saturated heterocycles. The largest absolute Gasteiger partial charge is 0.527 e. The van der Waals surface area contributed by atoms with Crippen molar-refractivity contribution >= 4 is 10.1 Å². The third kappa shape index (κ3) is 10.8. The van der Waals surface area contributed by atoms with Crippen LogP contribution < -0.4 is 0 Å². The molecule has 0 aliphatic rings. The van der Waals surface area contributed by atoms with E-state index in [0.717, 1.165) is 9.47 Å². The summed E-state index contributed by atoms with van der Waals surface area (Å²) in [7, 11) is -7.17. The van der Waals surface area contributed by atoms with Crippen LogP contribution in [-0.4, -0.2) is 115 Å². The van der Waals surface area contributed by atoms with Gasteiger partial charge in [-0.2, -0.15) is 158 Å². The zero-order valence-electron chi connectivity index (χ0n) is 25.8. The maximum Gasteiger partial charge on any atom is 0.527 e. The first-order valence-corrected chi connectivity index (χ1v) is 13.5. The minimum Gasteiger partial charge on any atom is -0.281 e. The molecule has 0 radical (unpaired) electrons. The molecule has 0 bridgehead atoms. The van der Waals surface area contributed by atoms with E-state index in [-0.39, 0.29) is 0 Å². The molecule has 7 nitrogen and oxygen atoms in total. The monoisotopic (exact) mass is 1050 g/mol. The van der Waals surface area contributed by atoms with Gasteiger partial charge in [0.2, 0.25) is 0 Å². The second kappa shape index (κ2) is 15.9. The zero-order valence-corrected chi connectivity index (χ0v) is 26.6. The number of hydrogen-bond donors (Lipinski definition) is 1. The van der Waals surface area contributed by atoms with Crippen LogP contribution in [0.4, 0.5) is 162 Å². The fourth-order valence-corrected chi connectivity index (χ4v) is 2.81. The SMILES string of the molecule is FC(F)(F)OC(F)(OC(F)(F)C(F)(F)F)C(F)(F)OC(F)(F)C(F)(F)OC(F)(F)C(F)(F)C(F)(F)C(F)(F)C(F)(F)C(F)(F)F.O=S(=O)(O)C(F)(F)C(F)(F)C(F)(F)C(F)(F)F. The summed E-state index contributed by atoms with van der Waals surface area (Å²) in [4.78, 5) is 0. The maximum absolute atomic E-state index is 13.8. The van der Waals surface area contributed by atoms with Gasteiger partial charge in [-0.15, -0.1) is 13.2 Å². The van der Waals surface area contributed by atoms with Crippen molar-refractivity contribution in [3.63, 3.8) is 0 Å². The molecule has 0 aromatic rings. The average Bonchev–Trinajstić information content (AvgIpc) is 2.91. The Morgan fingerprint density at radius 2 is 0.548 bits per heavy atom. The van der Waals surface area contributed by atoms with Crippen molar-refractivity contribution in [1.82, 2.24) is 0 Å². The molecule has 376 valence electrons. The number of rotatable bonds is 16. The van der Waals surface area contributed by atoms with E-state index in [1.165, 1.54) is 9.47 Å². The normalized spacial score (nSPS) is 17.4. The number of hydrogen-bond acceptors (Lipinski definition) is 6. The van der Waals surface area contributed by atoms with E-state index in [9.17, 15) is 171 Å². The molecule has 0 aliphatic heterocycles. The van der Waals surface area contributed by atoms with Crippen LogP contribution in [0.25, 0.3) is 0 Å². The third-order valence-corrected chi connectivity index (χ3v) is 6.28. The lowest BCUT2D eigenvalue weighted by molar-refractivity contribution is -0.610. The summed E-state index contributed by atoms with van der Waals surface area (Å²) in [6, 6.07) is -8.05. The van der Waals surface area contributed by atoms with Crippen LogP contribution in [-0.2, 0) is 29.1 Å². The molecular formula is C17HF37O7S. The Bertz CT molecular complexity index is 1650. The number of alkyl halides is 37. The first-order chi connectivity index (χ1) is 25.8. The molecule has 0 aromatic heterocycles. The minimum absolute atomic E-state index is 0.830. The molecule has 1 atom stereocenters. The Balaban J connectivity index is 0. The highest BCUT2D eigenvalue weighted by Gasteiger charge is 2.93. The van der Waals surface area contributed by atoms with E-state index >= 15 is 0 Å². The maximum atomic E-state index is 13.8. The average molecular weight is 1050 g/mol. The first-order valence-electron chi connectivity index (χ1n) is 12.1. The molecule has 0 heterocycles. The van der Waals surface area contributed by atoms with Crippen molar-refractivity contribution in [2.45, 2.75) is 102 Å². The van der Waals surface area contributed by atoms with Crippen LogP contribution in [0.15, 0.2) is 0 Å². The highest BCUT2D eigenvalue weighted by Crippen LogP contribution is 2.62. The van der Waals surface area contributed by atoms with Crippen molar-refractivity contribution in [1.29, 1.82) is 0 Å². The lowest BCUT2D eigenvalue weighted by Crippen LogP contribution is -2.71. The molecule has 1 N–H and O–H groups in total. The molecular weight excluding hydrogens is 1050 g/mol. The van der Waals surface area contributed by atoms with Crippen molar-refractivity contribution < 1.29 is 194 Å². The molecule has 0 rings (SSSR count). The summed E-state index contributed by atoms with van der Waals surface area (Å²) in [5.74, 6) is -50.3. The second-order valence-corrected chi connectivity index (χ2v) is 11.4. The second-order valence-electron chi connectivity index (χ2n) is 9.91. The quantitative estimate of drug-likeness (QED) is 0.0935. The molecule has 1 unspecified atom stereocenters. The van der Waals surface area contributed by atoms with Crippen LogP contribution in [0.1, 0.15) is 0 Å². The van der Waals surface area contributed by atoms with Gasteiger partial charge in [0.15, 0.2) is 0 Å². The predicted octanol–water partition coefficient (Wildman–Crippen LogP) is 11.1. The van der Waals surface area contributed by atoms with Crippen LogP contribution in [0.5, 0.6) is 0 Å². The van der Waals surface area contributed by atoms with Crippen LogP contribution >= 0.6 is 0 Å². The summed E-state index contributed by atoms with van der Waals surface area (Å²) in [5, 5.41) is -7.00. The topological polar surface area (TPSA) is 91.3 Å². The molecule has 45 heteroatoms. The lowest BCUT2D eigenvalue weighted by atomic mass is 9.97. The summed E-state index contributed by atoms with van der Waals surface area (Å²) >= 11 is 0. The minimum atomic E-state index is -9.09. The smallest absolute Gasteiger partial charge is 0.281 e. The first kappa shape index (κ1) is 61.2. The summed E-state index contributed by atoms with van der Waals surface area (Å²) < 4.78 is 497. The molecule has 0 spiro atoms. The Labute approximate surface area is 308 Å². The van der Waals surface area contributed by atoms with Crippen molar-refractivity contribution in [3.05, 3.63) is 0 Å². The predicted molar refractivity (Wildman–Crippen MR) is 103 cm³/mol. The molecule has 0 fully saturated rings. The third-order valence-electron chi connectivity index (χ3n) is 5.38. The Morgan fingerprint density at radius 3 is 0.806 bits per heavy atom. The van der Waals surface area contributed by atoms with E-state index in [0.29, 0.717) is 0 Å². The van der Waals surface area contributed by atoms with Crippen LogP contribution in [0, 0.1) is 0 Å². The van der Waals surface area contributed by atoms with Gasteiger partial charge in [-0.25, -0.2) is 18.9 Å². The molecule has 0 amide bonds. The van der Waals surface area contributed by atoms with E-state index in [1.807, 2.05) is 0 Å². The van der Waals surface area contributed by atoms with Gasteiger partial charge in [0, 0.05) is 0 Å². The summed E-state index contributed by atoms with van der Waals surface area (Å²) in [5.41, 5.74) is 0. The molecule has 0 aliphatic carbocycles. The Morgan fingerprint density at radius 1 is 0.274 bits per heavy atom. The lowest BCUT2D eigenvalue weighted by Gasteiger charge is -2.41. The number of halogens is 37. The van der Waals surface area contributed by atoms with Gasteiger partial charge < -0.3 is 0 Å². The summed E-state index contributed by atoms with van der Waals surface area (Å²) in [6.07, 6.45) is -72.4. The standard InChI is InChI=1S/C13F28O4.C4HF9O3S/c14-1(15,3(18,19)5(22,23)24)2(16,17)4(20,21)7(28,29)42-9(32,33)10(34,35)43-11(36,37)12(38,45-13(39,40)41)44-8(30,31)6(25,26)27;5-1(6,3(9,10)11)2(7,8)4(12,13)17(14,15)16/h;(H,14,15,16). The van der Waals surface area contributed by atoms with Crippen LogP contribution in [0.2, 0.25) is 0 Å². The van der Waals surface area contributed by atoms with E-state index < -0.39 is 112 Å². The van der Waals surface area contributed by atoms with Gasteiger partial charge in [0.1, 0.15) is 0 Å². The molecule has 0 aromatic carbocycles. The van der Waals surface area contributed by atoms with E-state index in [1.54, 1.807) is 0 Å². The van der Waals surface area contributed by atoms with E-state index in [4.69, 9.17) is 4.55 Å². The fourth-order valence-electron chi connectivity index (χ4n) is 2.35. The highest BCUT2D eigenvalue weighted by molar-refractivity contribution is 7.87. The molecule has 0 saturated carbocycles. The van der Waals surface area contributed by atoms with Gasteiger partial charge in [-0.05, 0) is 0 Å². The fraction of sp³-hybridized carbons (Fsp3) is 1.00. The zero-order chi connectivity index (χ0) is 51.8. The number of ether oxygens (including phenoxy) is 4. The Hall–Kier alpha value is -2.84. The van der Waals surface area contributed by atoms with Gasteiger partial charge in [-0.1, -0.05) is 0 Å². The van der Waals surface area contributed by atoms with Crippen LogP contribution in [0.3, 0.4) is 0 Å². The summed E-state index contributed by atoms with van der Waals surface area (Å²) in [6.45, 7) is 0. The van der Waals surface area contributed by atoms with E-state index in [2.05, 4.69) is 0 Å². The van der Waals surface area contributed by atoms with Crippen molar-refractivity contribution in [2.75, 3.05) is 0 Å². The van der Waals surface area contributed by atoms with Gasteiger partial charge in [-0.3, -0.25) is 4.55 Å². The highest BCUT2D eigenvalue weighted by atomic mass is 32.2. The van der Waals surface area contributed by atoms with Gasteiger partial charge >= 0.3 is 112 Å².